The molecule has 10 rings (SSSR count). The van der Waals surface area contributed by atoms with Crippen molar-refractivity contribution in [2.75, 3.05) is 70.7 Å². The third-order valence-corrected chi connectivity index (χ3v) is 12.3. The van der Waals surface area contributed by atoms with E-state index < -0.39 is 34.4 Å². The highest BCUT2D eigenvalue weighted by atomic mass is 35.5. The standard InChI is InChI=1S/C21H18FN3O4S.C17H10ClFN2O3S.C4H9NO/c1-2-29-21(27)16-17(26)12-11-13(22)19(24-7-9-28-10-8-24)23-18(12)25-14-5-3-4-6-15(14)30-20(16)25;1-2-24-17(23)12-13(22)8-7-9(19)14(18)20-15(8)21-10-5-3-4-6-11(10)25-16(12)21;1-3-6-4-2-5-1/h3-6,11H,2,7-10H2,1H3;3-7H,2H2,1H3;5H,1-4H2. The van der Waals surface area contributed by atoms with E-state index >= 15 is 0 Å². The molecule has 0 atom stereocenters. The molecule has 19 heteroatoms. The summed E-state index contributed by atoms with van der Waals surface area (Å²) in [6.45, 7) is 9.41. The SMILES string of the molecule is C1COCCN1.CCOC(=O)c1c(=O)c2cc(F)c(Cl)nc2n2c1sc1ccccc12.CCOC(=O)c1c(=O)c2cc(F)c(N3CCOCC3)nc2n2c1sc1ccccc12. The molecule has 0 unspecified atom stereocenters. The molecule has 8 heterocycles. The van der Waals surface area contributed by atoms with Crippen LogP contribution in [0.3, 0.4) is 0 Å². The third-order valence-electron chi connectivity index (χ3n) is 9.79. The maximum atomic E-state index is 15.0. The van der Waals surface area contributed by atoms with Crippen molar-refractivity contribution in [3.05, 3.63) is 109 Å². The number of thiazole rings is 2. The maximum absolute atomic E-state index is 15.0. The summed E-state index contributed by atoms with van der Waals surface area (Å²) in [6.07, 6.45) is 0. The molecule has 1 N–H and O–H groups in total. The minimum Gasteiger partial charge on any atom is -0.462 e. The Morgan fingerprint density at radius 2 is 1.21 bits per heavy atom. The fourth-order valence-corrected chi connectivity index (χ4v) is 9.55. The number of fused-ring (bicyclic) bond motifs is 10. The van der Waals surface area contributed by atoms with Gasteiger partial charge in [0.15, 0.2) is 33.9 Å². The zero-order valence-corrected chi connectivity index (χ0v) is 35.2. The van der Waals surface area contributed by atoms with Crippen LogP contribution in [0.15, 0.2) is 70.3 Å². The van der Waals surface area contributed by atoms with Crippen molar-refractivity contribution in [2.45, 2.75) is 13.8 Å². The van der Waals surface area contributed by atoms with Gasteiger partial charge in [-0.2, -0.15) is 0 Å². The summed E-state index contributed by atoms with van der Waals surface area (Å²) in [5.41, 5.74) is 0.650. The number of pyridine rings is 4. The number of halogens is 3. The summed E-state index contributed by atoms with van der Waals surface area (Å²) < 4.78 is 54.5. The van der Waals surface area contributed by atoms with Gasteiger partial charge in [-0.1, -0.05) is 35.9 Å². The summed E-state index contributed by atoms with van der Waals surface area (Å²) in [5, 5.41) is 2.85. The molecule has 2 aromatic carbocycles. The Labute approximate surface area is 357 Å². The second-order valence-electron chi connectivity index (χ2n) is 13.5. The minimum atomic E-state index is -0.819. The molecular weight excluding hydrogens is 854 g/mol. The lowest BCUT2D eigenvalue weighted by atomic mass is 10.1. The monoisotopic (exact) mass is 890 g/mol. The number of carbonyl (C=O) groups excluding carboxylic acids is 2. The highest BCUT2D eigenvalue weighted by Crippen LogP contribution is 2.34. The fraction of sp³-hybridized carbons (Fsp3) is 0.286. The molecule has 0 aliphatic carbocycles. The van der Waals surface area contributed by atoms with E-state index in [1.54, 1.807) is 22.6 Å². The predicted molar refractivity (Wildman–Crippen MR) is 232 cm³/mol. The Morgan fingerprint density at radius 3 is 1.69 bits per heavy atom. The quantitative estimate of drug-likeness (QED) is 0.142. The Kier molecular flexibility index (Phi) is 12.5. The van der Waals surface area contributed by atoms with Gasteiger partial charge in [-0.05, 0) is 50.2 Å². The zero-order chi connectivity index (χ0) is 42.8. The maximum Gasteiger partial charge on any atom is 0.345 e. The average molecular weight is 891 g/mol. The molecule has 61 heavy (non-hydrogen) atoms. The number of hydrogen-bond donors (Lipinski definition) is 1. The van der Waals surface area contributed by atoms with Gasteiger partial charge < -0.3 is 29.2 Å². The lowest BCUT2D eigenvalue weighted by Gasteiger charge is -2.28. The average Bonchev–Trinajstić information content (AvgIpc) is 3.85. The van der Waals surface area contributed by atoms with E-state index in [0.29, 0.717) is 41.6 Å². The van der Waals surface area contributed by atoms with Crippen molar-refractivity contribution in [3.63, 3.8) is 0 Å². The van der Waals surface area contributed by atoms with Crippen LogP contribution in [-0.2, 0) is 18.9 Å². The van der Waals surface area contributed by atoms with Gasteiger partial charge in [0, 0.05) is 26.2 Å². The molecule has 0 saturated carbocycles. The van der Waals surface area contributed by atoms with Crippen LogP contribution in [0.4, 0.5) is 14.6 Å². The first-order chi connectivity index (χ1) is 29.6. The molecule has 0 radical (unpaired) electrons. The normalized spacial score (nSPS) is 14.3. The summed E-state index contributed by atoms with van der Waals surface area (Å²) >= 11 is 8.40. The van der Waals surface area contributed by atoms with Gasteiger partial charge in [-0.25, -0.2) is 28.3 Å². The summed E-state index contributed by atoms with van der Waals surface area (Å²) in [4.78, 5) is 62.3. The lowest BCUT2D eigenvalue weighted by molar-refractivity contribution is 0.0517. The summed E-state index contributed by atoms with van der Waals surface area (Å²) in [5.74, 6) is -2.70. The van der Waals surface area contributed by atoms with E-state index in [-0.39, 0.29) is 51.7 Å². The number of ether oxygens (including phenoxy) is 4. The van der Waals surface area contributed by atoms with Crippen molar-refractivity contribution in [2.24, 2.45) is 0 Å². The molecule has 2 aliphatic rings. The third kappa shape index (κ3) is 8.02. The van der Waals surface area contributed by atoms with Crippen LogP contribution in [0.2, 0.25) is 5.15 Å². The Hall–Kier alpha value is -5.63. The minimum absolute atomic E-state index is 0.0222. The van der Waals surface area contributed by atoms with Gasteiger partial charge in [-0.3, -0.25) is 18.4 Å². The van der Waals surface area contributed by atoms with Crippen molar-refractivity contribution < 1.29 is 37.3 Å². The second-order valence-corrected chi connectivity index (χ2v) is 15.9. The van der Waals surface area contributed by atoms with Gasteiger partial charge in [0.05, 0.1) is 70.8 Å². The van der Waals surface area contributed by atoms with E-state index in [4.69, 9.17) is 30.5 Å². The first-order valence-electron chi connectivity index (χ1n) is 19.4. The van der Waals surface area contributed by atoms with Crippen LogP contribution in [0.1, 0.15) is 34.6 Å². The number of nitrogens with one attached hydrogen (secondary N) is 1. The van der Waals surface area contributed by atoms with Gasteiger partial charge in [-0.15, -0.1) is 22.7 Å². The number of esters is 2. The number of carbonyl (C=O) groups is 2. The number of rotatable bonds is 5. The fourth-order valence-electron chi connectivity index (χ4n) is 7.07. The van der Waals surface area contributed by atoms with Gasteiger partial charge in [0.25, 0.3) is 0 Å². The van der Waals surface area contributed by atoms with Crippen LogP contribution in [0, 0.1) is 11.6 Å². The van der Waals surface area contributed by atoms with Crippen LogP contribution in [0.5, 0.6) is 0 Å². The zero-order valence-electron chi connectivity index (χ0n) is 32.8. The van der Waals surface area contributed by atoms with E-state index in [2.05, 4.69) is 15.3 Å². The molecule has 2 saturated heterocycles. The highest BCUT2D eigenvalue weighted by Gasteiger charge is 2.27. The van der Waals surface area contributed by atoms with Crippen molar-refractivity contribution in [3.8, 4) is 0 Å². The Morgan fingerprint density at radius 1 is 0.738 bits per heavy atom. The number of aromatic nitrogens is 4. The molecule has 2 fully saturated rings. The van der Waals surface area contributed by atoms with Crippen molar-refractivity contribution >= 4 is 104 Å². The van der Waals surface area contributed by atoms with Crippen molar-refractivity contribution in [1.29, 1.82) is 0 Å². The van der Waals surface area contributed by atoms with Crippen LogP contribution >= 0.6 is 34.3 Å². The molecule has 6 aromatic heterocycles. The van der Waals surface area contributed by atoms with Crippen molar-refractivity contribution in [1.82, 2.24) is 24.1 Å². The van der Waals surface area contributed by atoms with Gasteiger partial charge in [0.1, 0.15) is 20.8 Å². The molecule has 2 aliphatic heterocycles. The first-order valence-corrected chi connectivity index (χ1v) is 21.4. The number of hydrogen-bond acceptors (Lipinski definition) is 14. The summed E-state index contributed by atoms with van der Waals surface area (Å²) in [6, 6.07) is 17.1. The number of benzene rings is 2. The van der Waals surface area contributed by atoms with E-state index in [1.165, 1.54) is 28.7 Å². The molecular formula is C42H37ClF2N6O8S2. The molecule has 0 amide bonds. The second kappa shape index (κ2) is 18.2. The van der Waals surface area contributed by atoms with Crippen LogP contribution in [-0.4, -0.2) is 96.5 Å². The molecule has 0 spiro atoms. The van der Waals surface area contributed by atoms with Crippen LogP contribution < -0.4 is 21.1 Å². The number of morpholine rings is 2. The highest BCUT2D eigenvalue weighted by molar-refractivity contribution is 7.24. The first kappa shape index (κ1) is 42.1. The number of nitrogens with zero attached hydrogens (tertiary/aromatic N) is 5. The molecule has 316 valence electrons. The molecule has 0 bridgehead atoms. The smallest absolute Gasteiger partial charge is 0.345 e. The van der Waals surface area contributed by atoms with Crippen LogP contribution in [0.25, 0.3) is 52.2 Å². The lowest BCUT2D eigenvalue weighted by Crippen LogP contribution is -2.37. The largest absolute Gasteiger partial charge is 0.462 e. The van der Waals surface area contributed by atoms with E-state index in [0.717, 1.165) is 52.8 Å². The van der Waals surface area contributed by atoms with E-state index in [1.807, 2.05) is 53.4 Å². The molecule has 14 nitrogen and oxygen atoms in total. The van der Waals surface area contributed by atoms with Gasteiger partial charge in [0.2, 0.25) is 10.9 Å². The number of anilines is 1. The molecule has 8 aromatic rings. The Bertz CT molecular complexity index is 3100. The predicted octanol–water partition coefficient (Wildman–Crippen LogP) is 6.85. The van der Waals surface area contributed by atoms with E-state index in [9.17, 15) is 28.0 Å². The summed E-state index contributed by atoms with van der Waals surface area (Å²) in [7, 11) is 0. The van der Waals surface area contributed by atoms with Gasteiger partial charge >= 0.3 is 11.9 Å². The Balaban J connectivity index is 0.000000150. The topological polar surface area (TPSA) is 155 Å². The number of para-hydroxylation sites is 2.